The van der Waals surface area contributed by atoms with Gasteiger partial charge in [-0.1, -0.05) is 18.9 Å². The molecule has 1 spiro atoms. The fourth-order valence-electron chi connectivity index (χ4n) is 3.58. The Bertz CT molecular complexity index is 496. The molecule has 4 heteroatoms. The molecule has 3 aliphatic rings. The van der Waals surface area contributed by atoms with E-state index in [-0.39, 0.29) is 11.7 Å². The first-order valence-corrected chi connectivity index (χ1v) is 7.63. The number of benzene rings is 1. The van der Waals surface area contributed by atoms with E-state index in [4.69, 9.17) is 14.2 Å². The first kappa shape index (κ1) is 12.5. The van der Waals surface area contributed by atoms with E-state index >= 15 is 0 Å². The normalized spacial score (nSPS) is 27.7. The van der Waals surface area contributed by atoms with Crippen molar-refractivity contribution in [1.29, 1.82) is 0 Å². The van der Waals surface area contributed by atoms with Crippen LogP contribution < -0.4 is 14.8 Å². The minimum atomic E-state index is 0.0657. The summed E-state index contributed by atoms with van der Waals surface area (Å²) in [5, 5.41) is 3.55. The van der Waals surface area contributed by atoms with E-state index in [0.29, 0.717) is 13.2 Å². The summed E-state index contributed by atoms with van der Waals surface area (Å²) in [7, 11) is 0. The highest BCUT2D eigenvalue weighted by atomic mass is 16.6. The fourth-order valence-corrected chi connectivity index (χ4v) is 3.58. The van der Waals surface area contributed by atoms with Gasteiger partial charge in [-0.05, 0) is 30.5 Å². The zero-order valence-corrected chi connectivity index (χ0v) is 11.7. The molecule has 0 radical (unpaired) electrons. The predicted molar refractivity (Wildman–Crippen MR) is 75.3 cm³/mol. The van der Waals surface area contributed by atoms with Crippen LogP contribution in [0, 0.1) is 0 Å². The zero-order chi connectivity index (χ0) is 13.4. The Morgan fingerprint density at radius 1 is 1.05 bits per heavy atom. The lowest BCUT2D eigenvalue weighted by Gasteiger charge is -2.39. The van der Waals surface area contributed by atoms with E-state index in [1.54, 1.807) is 0 Å². The SMILES string of the molecule is c1cc2c(cc1C1CNCC3(CCCC3)O1)OCCO2. The second-order valence-electron chi connectivity index (χ2n) is 6.03. The number of rotatable bonds is 1. The summed E-state index contributed by atoms with van der Waals surface area (Å²) in [6.07, 6.45) is 5.06. The summed E-state index contributed by atoms with van der Waals surface area (Å²) in [5.41, 5.74) is 1.25. The molecule has 20 heavy (non-hydrogen) atoms. The lowest BCUT2D eigenvalue weighted by molar-refractivity contribution is -0.114. The highest BCUT2D eigenvalue weighted by Crippen LogP contribution is 2.40. The van der Waals surface area contributed by atoms with E-state index in [2.05, 4.69) is 17.4 Å². The van der Waals surface area contributed by atoms with Gasteiger partial charge in [-0.3, -0.25) is 0 Å². The summed E-state index contributed by atoms with van der Waals surface area (Å²) in [4.78, 5) is 0. The molecule has 0 amide bonds. The molecule has 1 aliphatic carbocycles. The van der Waals surface area contributed by atoms with Crippen LogP contribution in [-0.2, 0) is 4.74 Å². The van der Waals surface area contributed by atoms with Crippen LogP contribution in [0.2, 0.25) is 0 Å². The van der Waals surface area contributed by atoms with E-state index in [1.165, 1.54) is 31.2 Å². The average molecular weight is 275 g/mol. The summed E-state index contributed by atoms with van der Waals surface area (Å²) in [6.45, 7) is 3.14. The molecule has 1 unspecified atom stereocenters. The van der Waals surface area contributed by atoms with Gasteiger partial charge in [0.2, 0.25) is 0 Å². The van der Waals surface area contributed by atoms with Crippen LogP contribution in [0.5, 0.6) is 11.5 Å². The Labute approximate surface area is 119 Å². The van der Waals surface area contributed by atoms with Gasteiger partial charge < -0.3 is 19.5 Å². The van der Waals surface area contributed by atoms with Crippen molar-refractivity contribution >= 4 is 0 Å². The quantitative estimate of drug-likeness (QED) is 0.854. The maximum atomic E-state index is 6.45. The number of morpholine rings is 1. The molecule has 0 aromatic heterocycles. The number of nitrogens with one attached hydrogen (secondary N) is 1. The largest absolute Gasteiger partial charge is 0.486 e. The van der Waals surface area contributed by atoms with E-state index in [1.807, 2.05) is 6.07 Å². The molecule has 4 nitrogen and oxygen atoms in total. The highest BCUT2D eigenvalue weighted by Gasteiger charge is 2.40. The maximum absolute atomic E-state index is 6.45. The van der Waals surface area contributed by atoms with Crippen LogP contribution in [0.15, 0.2) is 18.2 Å². The molecular weight excluding hydrogens is 254 g/mol. The van der Waals surface area contributed by atoms with Crippen molar-refractivity contribution in [1.82, 2.24) is 5.32 Å². The molecule has 4 rings (SSSR count). The van der Waals surface area contributed by atoms with Crippen LogP contribution in [0.4, 0.5) is 0 Å². The first-order chi connectivity index (χ1) is 9.85. The number of hydrogen-bond donors (Lipinski definition) is 1. The third kappa shape index (κ3) is 2.17. The Morgan fingerprint density at radius 3 is 2.70 bits per heavy atom. The van der Waals surface area contributed by atoms with Crippen LogP contribution in [0.3, 0.4) is 0 Å². The standard InChI is InChI=1S/C16H21NO3/c1-2-6-16(5-1)11-17-10-15(20-16)12-3-4-13-14(9-12)19-8-7-18-13/h3-4,9,15,17H,1-2,5-8,10-11H2. The van der Waals surface area contributed by atoms with Crippen molar-refractivity contribution in [3.8, 4) is 11.5 Å². The van der Waals surface area contributed by atoms with Crippen molar-refractivity contribution < 1.29 is 14.2 Å². The second-order valence-corrected chi connectivity index (χ2v) is 6.03. The van der Waals surface area contributed by atoms with E-state index in [9.17, 15) is 0 Å². The Hall–Kier alpha value is -1.26. The van der Waals surface area contributed by atoms with E-state index < -0.39 is 0 Å². The van der Waals surface area contributed by atoms with Gasteiger partial charge in [-0.2, -0.15) is 0 Å². The van der Waals surface area contributed by atoms with Gasteiger partial charge in [0.1, 0.15) is 13.2 Å². The average Bonchev–Trinajstić information content (AvgIpc) is 2.94. The third-order valence-corrected chi connectivity index (χ3v) is 4.62. The van der Waals surface area contributed by atoms with Gasteiger partial charge in [0.15, 0.2) is 11.5 Å². The van der Waals surface area contributed by atoms with Crippen LogP contribution in [-0.4, -0.2) is 31.9 Å². The van der Waals surface area contributed by atoms with Crippen molar-refractivity contribution in [3.63, 3.8) is 0 Å². The Kier molecular flexibility index (Phi) is 3.08. The molecule has 1 saturated carbocycles. The lowest BCUT2D eigenvalue weighted by Crippen LogP contribution is -2.49. The zero-order valence-electron chi connectivity index (χ0n) is 11.7. The smallest absolute Gasteiger partial charge is 0.161 e. The fraction of sp³-hybridized carbons (Fsp3) is 0.625. The number of ether oxygens (including phenoxy) is 3. The van der Waals surface area contributed by atoms with Gasteiger partial charge in [0, 0.05) is 13.1 Å². The monoisotopic (exact) mass is 275 g/mol. The molecule has 0 bridgehead atoms. The lowest BCUT2D eigenvalue weighted by atomic mass is 9.97. The maximum Gasteiger partial charge on any atom is 0.161 e. The highest BCUT2D eigenvalue weighted by molar-refractivity contribution is 5.44. The molecule has 2 heterocycles. The van der Waals surface area contributed by atoms with Crippen LogP contribution in [0.1, 0.15) is 37.4 Å². The summed E-state index contributed by atoms with van der Waals surface area (Å²) in [6, 6.07) is 6.19. The van der Waals surface area contributed by atoms with Crippen molar-refractivity contribution in [3.05, 3.63) is 23.8 Å². The van der Waals surface area contributed by atoms with Crippen molar-refractivity contribution in [2.75, 3.05) is 26.3 Å². The molecule has 1 saturated heterocycles. The summed E-state index contributed by atoms with van der Waals surface area (Å²) < 4.78 is 17.7. The first-order valence-electron chi connectivity index (χ1n) is 7.63. The molecule has 108 valence electrons. The van der Waals surface area contributed by atoms with Crippen LogP contribution >= 0.6 is 0 Å². The second kappa shape index (κ2) is 4.93. The summed E-state index contributed by atoms with van der Waals surface area (Å²) >= 11 is 0. The van der Waals surface area contributed by atoms with Crippen molar-refractivity contribution in [2.24, 2.45) is 0 Å². The molecular formula is C16H21NO3. The Balaban J connectivity index is 1.57. The molecule has 1 aromatic carbocycles. The van der Waals surface area contributed by atoms with Gasteiger partial charge >= 0.3 is 0 Å². The molecule has 1 N–H and O–H groups in total. The topological polar surface area (TPSA) is 39.7 Å². The van der Waals surface area contributed by atoms with Gasteiger partial charge in [-0.25, -0.2) is 0 Å². The molecule has 1 aromatic rings. The minimum Gasteiger partial charge on any atom is -0.486 e. The number of fused-ring (bicyclic) bond motifs is 1. The van der Waals surface area contributed by atoms with Crippen molar-refractivity contribution in [2.45, 2.75) is 37.4 Å². The van der Waals surface area contributed by atoms with Crippen LogP contribution in [0.25, 0.3) is 0 Å². The molecule has 1 atom stereocenters. The number of hydrogen-bond acceptors (Lipinski definition) is 4. The predicted octanol–water partition coefficient (Wildman–Crippen LogP) is 2.43. The summed E-state index contributed by atoms with van der Waals surface area (Å²) in [5.74, 6) is 1.70. The molecule has 2 fully saturated rings. The van der Waals surface area contributed by atoms with Gasteiger partial charge in [0.05, 0.1) is 11.7 Å². The molecule has 2 aliphatic heterocycles. The van der Waals surface area contributed by atoms with Gasteiger partial charge in [-0.15, -0.1) is 0 Å². The third-order valence-electron chi connectivity index (χ3n) is 4.62. The minimum absolute atomic E-state index is 0.0657. The van der Waals surface area contributed by atoms with Gasteiger partial charge in [0.25, 0.3) is 0 Å². The van der Waals surface area contributed by atoms with E-state index in [0.717, 1.165) is 24.6 Å². The Morgan fingerprint density at radius 2 is 1.85 bits per heavy atom.